The summed E-state index contributed by atoms with van der Waals surface area (Å²) in [4.78, 5) is 13.1. The molecule has 0 aliphatic carbocycles. The van der Waals surface area contributed by atoms with Crippen molar-refractivity contribution in [3.8, 4) is 5.75 Å². The van der Waals surface area contributed by atoms with Crippen LogP contribution in [0.15, 0.2) is 97.1 Å². The van der Waals surface area contributed by atoms with Gasteiger partial charge in [0.2, 0.25) is 0 Å². The molecule has 0 saturated carbocycles. The highest BCUT2D eigenvalue weighted by Gasteiger charge is 2.24. The van der Waals surface area contributed by atoms with Crippen LogP contribution in [0.1, 0.15) is 35.6 Å². The van der Waals surface area contributed by atoms with E-state index in [0.29, 0.717) is 0 Å². The Balaban J connectivity index is 1.60. The van der Waals surface area contributed by atoms with Crippen molar-refractivity contribution in [1.82, 2.24) is 0 Å². The third-order valence-corrected chi connectivity index (χ3v) is 5.36. The molecule has 0 bridgehead atoms. The van der Waals surface area contributed by atoms with Crippen LogP contribution in [0, 0.1) is 0 Å². The molecule has 0 aliphatic rings. The van der Waals surface area contributed by atoms with Gasteiger partial charge in [-0.15, -0.1) is 0 Å². The summed E-state index contributed by atoms with van der Waals surface area (Å²) in [5.74, 6) is 0.184. The fourth-order valence-corrected chi connectivity index (χ4v) is 3.58. The van der Waals surface area contributed by atoms with Crippen LogP contribution >= 0.6 is 0 Å². The predicted octanol–water partition coefficient (Wildman–Crippen LogP) is 6.28. The van der Waals surface area contributed by atoms with E-state index in [1.54, 1.807) is 7.11 Å². The van der Waals surface area contributed by atoms with Crippen LogP contribution in [0.25, 0.3) is 10.8 Å². The predicted molar refractivity (Wildman–Crippen MR) is 120 cm³/mol. The third kappa shape index (κ3) is 4.20. The molecule has 150 valence electrons. The number of methoxy groups -OCH3 is 1. The van der Waals surface area contributed by atoms with Crippen LogP contribution in [0.3, 0.4) is 0 Å². The Morgan fingerprint density at radius 2 is 1.27 bits per heavy atom. The molecule has 0 radical (unpaired) electrons. The number of benzene rings is 4. The SMILES string of the molecule is COc1ccc2cc([C@@H](C)C(=O)OC(c3ccccc3)c3ccccc3)ccc2c1. The number of hydrogen-bond donors (Lipinski definition) is 0. The number of rotatable bonds is 6. The fourth-order valence-electron chi connectivity index (χ4n) is 3.58. The van der Waals surface area contributed by atoms with E-state index in [2.05, 4.69) is 0 Å². The van der Waals surface area contributed by atoms with E-state index in [-0.39, 0.29) is 11.9 Å². The van der Waals surface area contributed by atoms with E-state index in [0.717, 1.165) is 33.2 Å². The minimum Gasteiger partial charge on any atom is -0.497 e. The molecule has 0 amide bonds. The maximum Gasteiger partial charge on any atom is 0.314 e. The lowest BCUT2D eigenvalue weighted by molar-refractivity contribution is -0.149. The minimum atomic E-state index is -0.438. The lowest BCUT2D eigenvalue weighted by atomic mass is 9.97. The molecular formula is C27H24O3. The molecule has 0 heterocycles. The smallest absolute Gasteiger partial charge is 0.314 e. The molecule has 0 N–H and O–H groups in total. The summed E-state index contributed by atoms with van der Waals surface area (Å²) in [7, 11) is 1.66. The summed E-state index contributed by atoms with van der Waals surface area (Å²) in [6.45, 7) is 1.89. The average Bonchev–Trinajstić information content (AvgIpc) is 2.82. The second-order valence-corrected chi connectivity index (χ2v) is 7.33. The van der Waals surface area contributed by atoms with Gasteiger partial charge in [0, 0.05) is 0 Å². The first-order valence-corrected chi connectivity index (χ1v) is 10.0. The van der Waals surface area contributed by atoms with Crippen molar-refractivity contribution in [2.24, 2.45) is 0 Å². The Bertz CT molecular complexity index is 1100. The molecule has 0 saturated heterocycles. The van der Waals surface area contributed by atoms with Crippen molar-refractivity contribution < 1.29 is 14.3 Å². The van der Waals surface area contributed by atoms with Crippen molar-refractivity contribution >= 4 is 16.7 Å². The number of carbonyl (C=O) groups is 1. The van der Waals surface area contributed by atoms with Crippen LogP contribution in [-0.2, 0) is 9.53 Å². The van der Waals surface area contributed by atoms with Gasteiger partial charge in [-0.05, 0) is 46.5 Å². The Hall–Kier alpha value is -3.59. The molecule has 0 spiro atoms. The maximum absolute atomic E-state index is 13.1. The molecule has 0 aliphatic heterocycles. The summed E-state index contributed by atoms with van der Waals surface area (Å²) in [6.07, 6.45) is -0.438. The number of hydrogen-bond acceptors (Lipinski definition) is 3. The average molecular weight is 396 g/mol. The Labute approximate surface area is 176 Å². The van der Waals surface area contributed by atoms with Gasteiger partial charge in [0.05, 0.1) is 13.0 Å². The molecule has 4 rings (SSSR count). The summed E-state index contributed by atoms with van der Waals surface area (Å²) in [5, 5.41) is 2.14. The maximum atomic E-state index is 13.1. The van der Waals surface area contributed by atoms with Crippen molar-refractivity contribution in [1.29, 1.82) is 0 Å². The second-order valence-electron chi connectivity index (χ2n) is 7.33. The molecule has 0 aromatic heterocycles. The zero-order chi connectivity index (χ0) is 20.9. The van der Waals surface area contributed by atoms with Crippen LogP contribution in [0.4, 0.5) is 0 Å². The van der Waals surface area contributed by atoms with E-state index in [1.807, 2.05) is 104 Å². The largest absolute Gasteiger partial charge is 0.497 e. The van der Waals surface area contributed by atoms with E-state index in [4.69, 9.17) is 9.47 Å². The van der Waals surface area contributed by atoms with Gasteiger partial charge in [0.15, 0.2) is 6.10 Å². The highest BCUT2D eigenvalue weighted by atomic mass is 16.5. The van der Waals surface area contributed by atoms with Gasteiger partial charge in [-0.1, -0.05) is 84.9 Å². The van der Waals surface area contributed by atoms with Gasteiger partial charge in [-0.3, -0.25) is 4.79 Å². The molecule has 1 atom stereocenters. The van der Waals surface area contributed by atoms with Crippen LogP contribution in [-0.4, -0.2) is 13.1 Å². The van der Waals surface area contributed by atoms with Gasteiger partial charge in [0.25, 0.3) is 0 Å². The lowest BCUT2D eigenvalue weighted by Gasteiger charge is -2.21. The van der Waals surface area contributed by atoms with E-state index in [9.17, 15) is 4.79 Å². The molecule has 0 fully saturated rings. The Morgan fingerprint density at radius 3 is 1.87 bits per heavy atom. The van der Waals surface area contributed by atoms with E-state index in [1.165, 1.54) is 0 Å². The topological polar surface area (TPSA) is 35.5 Å². The number of esters is 1. The standard InChI is InChI=1S/C27H24O3/c1-19(22-13-14-24-18-25(29-2)16-15-23(24)17-22)27(28)30-26(20-9-5-3-6-10-20)21-11-7-4-8-12-21/h3-19,26H,1-2H3/t19-/m1/s1. The Morgan fingerprint density at radius 1 is 0.700 bits per heavy atom. The molecule has 3 heteroatoms. The number of ether oxygens (including phenoxy) is 2. The fraction of sp³-hybridized carbons (Fsp3) is 0.148. The van der Waals surface area contributed by atoms with Gasteiger partial charge in [-0.2, -0.15) is 0 Å². The molecule has 30 heavy (non-hydrogen) atoms. The normalized spacial score (nSPS) is 12.0. The molecule has 4 aromatic carbocycles. The first-order valence-electron chi connectivity index (χ1n) is 10.0. The van der Waals surface area contributed by atoms with Gasteiger partial charge in [-0.25, -0.2) is 0 Å². The van der Waals surface area contributed by atoms with Crippen LogP contribution in [0.5, 0.6) is 5.75 Å². The van der Waals surface area contributed by atoms with Gasteiger partial charge in [0.1, 0.15) is 5.75 Å². The first-order chi connectivity index (χ1) is 14.7. The highest BCUT2D eigenvalue weighted by Crippen LogP contribution is 2.30. The zero-order valence-electron chi connectivity index (χ0n) is 17.1. The third-order valence-electron chi connectivity index (χ3n) is 5.36. The van der Waals surface area contributed by atoms with E-state index >= 15 is 0 Å². The minimum absolute atomic E-state index is 0.249. The van der Waals surface area contributed by atoms with Crippen LogP contribution < -0.4 is 4.74 Å². The summed E-state index contributed by atoms with van der Waals surface area (Å²) < 4.78 is 11.3. The molecule has 0 unspecified atom stereocenters. The van der Waals surface area contributed by atoms with Crippen molar-refractivity contribution in [2.45, 2.75) is 18.9 Å². The lowest BCUT2D eigenvalue weighted by Crippen LogP contribution is -2.18. The first kappa shape index (κ1) is 19.7. The number of fused-ring (bicyclic) bond motifs is 1. The van der Waals surface area contributed by atoms with E-state index < -0.39 is 6.10 Å². The van der Waals surface area contributed by atoms with Gasteiger partial charge >= 0.3 is 5.97 Å². The monoisotopic (exact) mass is 396 g/mol. The van der Waals surface area contributed by atoms with Crippen LogP contribution in [0.2, 0.25) is 0 Å². The molecule has 4 aromatic rings. The molecular weight excluding hydrogens is 372 g/mol. The number of carbonyl (C=O) groups excluding carboxylic acids is 1. The Kier molecular flexibility index (Phi) is 5.80. The molecule has 3 nitrogen and oxygen atoms in total. The van der Waals surface area contributed by atoms with Crippen molar-refractivity contribution in [3.63, 3.8) is 0 Å². The van der Waals surface area contributed by atoms with Crippen molar-refractivity contribution in [2.75, 3.05) is 7.11 Å². The van der Waals surface area contributed by atoms with Crippen molar-refractivity contribution in [3.05, 3.63) is 114 Å². The zero-order valence-corrected chi connectivity index (χ0v) is 17.1. The highest BCUT2D eigenvalue weighted by molar-refractivity contribution is 5.87. The summed E-state index contributed by atoms with van der Waals surface area (Å²) in [5.41, 5.74) is 2.84. The summed E-state index contributed by atoms with van der Waals surface area (Å²) >= 11 is 0. The van der Waals surface area contributed by atoms with Gasteiger partial charge < -0.3 is 9.47 Å². The summed E-state index contributed by atoms with van der Waals surface area (Å²) in [6, 6.07) is 31.7. The second kappa shape index (κ2) is 8.83. The quantitative estimate of drug-likeness (QED) is 0.360.